The molecule has 2 unspecified atom stereocenters. The Bertz CT molecular complexity index is 166. The van der Waals surface area contributed by atoms with Crippen LogP contribution < -0.4 is 5.73 Å². The number of aliphatic hydroxyl groups is 1. The molecule has 0 bridgehead atoms. The maximum Gasteiger partial charge on any atom is 0.227 e. The van der Waals surface area contributed by atoms with Gasteiger partial charge in [0.25, 0.3) is 0 Å². The van der Waals surface area contributed by atoms with E-state index in [1.165, 1.54) is 0 Å². The number of carbonyl (C=O) groups is 1. The van der Waals surface area contributed by atoms with Gasteiger partial charge >= 0.3 is 0 Å². The Labute approximate surface area is 86.1 Å². The number of aliphatic hydroxyl groups excluding tert-OH is 1. The molecule has 3 N–H and O–H groups in total. The largest absolute Gasteiger partial charge is 0.395 e. The molecule has 0 aromatic rings. The van der Waals surface area contributed by atoms with Crippen LogP contribution in [0.25, 0.3) is 0 Å². The second-order valence-corrected chi connectivity index (χ2v) is 3.70. The molecule has 0 aromatic carbocycles. The van der Waals surface area contributed by atoms with Gasteiger partial charge in [-0.3, -0.25) is 4.79 Å². The van der Waals surface area contributed by atoms with E-state index in [9.17, 15) is 4.79 Å². The highest BCUT2D eigenvalue weighted by atomic mass is 16.3. The van der Waals surface area contributed by atoms with Crippen LogP contribution in [0.4, 0.5) is 0 Å². The van der Waals surface area contributed by atoms with Crippen LogP contribution in [0.3, 0.4) is 0 Å². The molecule has 0 heterocycles. The highest BCUT2D eigenvalue weighted by molar-refractivity contribution is 5.79. The molecule has 0 spiro atoms. The Kier molecular flexibility index (Phi) is 6.49. The number of hydrogen-bond acceptors (Lipinski definition) is 3. The topological polar surface area (TPSA) is 66.6 Å². The summed E-state index contributed by atoms with van der Waals surface area (Å²) >= 11 is 0. The highest BCUT2D eigenvalue weighted by Crippen LogP contribution is 2.06. The van der Waals surface area contributed by atoms with E-state index in [-0.39, 0.29) is 24.5 Å². The fraction of sp³-hybridized carbons (Fsp3) is 0.900. The molecule has 0 aromatic heterocycles. The molecule has 0 aliphatic heterocycles. The first-order valence-electron chi connectivity index (χ1n) is 5.19. The van der Waals surface area contributed by atoms with Gasteiger partial charge in [-0.05, 0) is 13.3 Å². The highest BCUT2D eigenvalue weighted by Gasteiger charge is 2.22. The predicted octanol–water partition coefficient (Wildman–Crippen LogP) is 0.201. The first-order valence-corrected chi connectivity index (χ1v) is 5.19. The van der Waals surface area contributed by atoms with Gasteiger partial charge in [0.15, 0.2) is 0 Å². The van der Waals surface area contributed by atoms with E-state index in [2.05, 4.69) is 0 Å². The second-order valence-electron chi connectivity index (χ2n) is 3.70. The lowest BCUT2D eigenvalue weighted by Gasteiger charge is -2.26. The Morgan fingerprint density at radius 2 is 2.00 bits per heavy atom. The molecule has 1 amide bonds. The number of carbonyl (C=O) groups excluding carboxylic acids is 1. The van der Waals surface area contributed by atoms with Crippen LogP contribution in [0.1, 0.15) is 27.2 Å². The van der Waals surface area contributed by atoms with Gasteiger partial charge < -0.3 is 15.7 Å². The van der Waals surface area contributed by atoms with Gasteiger partial charge in [0.2, 0.25) is 5.91 Å². The maximum atomic E-state index is 11.8. The van der Waals surface area contributed by atoms with E-state index >= 15 is 0 Å². The molecule has 0 rings (SSSR count). The van der Waals surface area contributed by atoms with Crippen LogP contribution in [-0.2, 0) is 4.79 Å². The molecule has 14 heavy (non-hydrogen) atoms. The zero-order valence-electron chi connectivity index (χ0n) is 9.36. The normalized spacial score (nSPS) is 14.9. The summed E-state index contributed by atoms with van der Waals surface area (Å²) in [6, 6.07) is -0.138. The molecule has 0 radical (unpaired) electrons. The van der Waals surface area contributed by atoms with Crippen molar-refractivity contribution >= 4 is 5.91 Å². The van der Waals surface area contributed by atoms with Gasteiger partial charge in [0.05, 0.1) is 12.5 Å². The van der Waals surface area contributed by atoms with Crippen LogP contribution in [0.5, 0.6) is 0 Å². The van der Waals surface area contributed by atoms with E-state index in [0.29, 0.717) is 13.1 Å². The van der Waals surface area contributed by atoms with Crippen molar-refractivity contribution in [2.75, 3.05) is 19.7 Å². The summed E-state index contributed by atoms with van der Waals surface area (Å²) in [6.07, 6.45) is 0.900. The number of nitrogens with two attached hydrogens (primary N) is 1. The summed E-state index contributed by atoms with van der Waals surface area (Å²) in [5.74, 6) is -0.135. The Hall–Kier alpha value is -0.610. The summed E-state index contributed by atoms with van der Waals surface area (Å²) < 4.78 is 0. The number of amides is 1. The smallest absolute Gasteiger partial charge is 0.227 e. The minimum Gasteiger partial charge on any atom is -0.395 e. The second kappa shape index (κ2) is 6.79. The molecule has 2 atom stereocenters. The van der Waals surface area contributed by atoms with Gasteiger partial charge in [0, 0.05) is 19.1 Å². The average Bonchev–Trinajstić information content (AvgIpc) is 2.15. The number of rotatable bonds is 6. The van der Waals surface area contributed by atoms with E-state index in [4.69, 9.17) is 10.8 Å². The standard InChI is InChI=1S/C10H22N2O2/c1-4-5-12(6-7-13)10(14)8(2)9(3)11/h8-9,13H,4-7,11H2,1-3H3. The third-order valence-electron chi connectivity index (χ3n) is 2.35. The van der Waals surface area contributed by atoms with Crippen LogP contribution in [0.2, 0.25) is 0 Å². The molecule has 0 aliphatic rings. The van der Waals surface area contributed by atoms with Crippen LogP contribution in [0, 0.1) is 5.92 Å². The quantitative estimate of drug-likeness (QED) is 0.646. The first kappa shape index (κ1) is 13.4. The van der Waals surface area contributed by atoms with E-state index < -0.39 is 0 Å². The molecular weight excluding hydrogens is 180 g/mol. The lowest BCUT2D eigenvalue weighted by molar-refractivity contribution is -0.136. The Morgan fingerprint density at radius 1 is 1.43 bits per heavy atom. The van der Waals surface area contributed by atoms with Crippen molar-refractivity contribution in [2.45, 2.75) is 33.2 Å². The molecule has 0 saturated heterocycles. The van der Waals surface area contributed by atoms with Crippen molar-refractivity contribution < 1.29 is 9.90 Å². The SMILES string of the molecule is CCCN(CCO)C(=O)C(C)C(C)N. The fourth-order valence-corrected chi connectivity index (χ4v) is 1.24. The lowest BCUT2D eigenvalue weighted by Crippen LogP contribution is -2.43. The van der Waals surface area contributed by atoms with E-state index in [1.54, 1.807) is 4.90 Å². The zero-order valence-corrected chi connectivity index (χ0v) is 9.36. The summed E-state index contributed by atoms with van der Waals surface area (Å²) in [4.78, 5) is 13.5. The summed E-state index contributed by atoms with van der Waals surface area (Å²) in [7, 11) is 0. The van der Waals surface area contributed by atoms with Crippen LogP contribution >= 0.6 is 0 Å². The van der Waals surface area contributed by atoms with Gasteiger partial charge in [0.1, 0.15) is 0 Å². The first-order chi connectivity index (χ1) is 6.54. The Morgan fingerprint density at radius 3 is 2.36 bits per heavy atom. The van der Waals surface area contributed by atoms with Gasteiger partial charge in [-0.2, -0.15) is 0 Å². The maximum absolute atomic E-state index is 11.8. The number of hydrogen-bond donors (Lipinski definition) is 2. The van der Waals surface area contributed by atoms with Crippen LogP contribution in [0.15, 0.2) is 0 Å². The number of nitrogens with zero attached hydrogens (tertiary/aromatic N) is 1. The molecule has 0 aliphatic carbocycles. The molecular formula is C10H22N2O2. The van der Waals surface area contributed by atoms with Crippen molar-refractivity contribution in [3.8, 4) is 0 Å². The van der Waals surface area contributed by atoms with Crippen molar-refractivity contribution in [2.24, 2.45) is 11.7 Å². The monoisotopic (exact) mass is 202 g/mol. The molecule has 0 saturated carbocycles. The minimum atomic E-state index is -0.173. The lowest BCUT2D eigenvalue weighted by atomic mass is 10.0. The van der Waals surface area contributed by atoms with Crippen molar-refractivity contribution in [3.63, 3.8) is 0 Å². The average molecular weight is 202 g/mol. The summed E-state index contributed by atoms with van der Waals surface area (Å²) in [5.41, 5.74) is 5.66. The summed E-state index contributed by atoms with van der Waals surface area (Å²) in [6.45, 7) is 6.77. The molecule has 0 fully saturated rings. The third-order valence-corrected chi connectivity index (χ3v) is 2.35. The fourth-order valence-electron chi connectivity index (χ4n) is 1.24. The van der Waals surface area contributed by atoms with Crippen molar-refractivity contribution in [3.05, 3.63) is 0 Å². The zero-order chi connectivity index (χ0) is 11.1. The van der Waals surface area contributed by atoms with E-state index in [0.717, 1.165) is 6.42 Å². The van der Waals surface area contributed by atoms with Gasteiger partial charge in [-0.15, -0.1) is 0 Å². The molecule has 4 nitrogen and oxygen atoms in total. The van der Waals surface area contributed by atoms with Crippen molar-refractivity contribution in [1.82, 2.24) is 4.90 Å². The minimum absolute atomic E-state index is 0.0113. The molecule has 84 valence electrons. The predicted molar refractivity (Wildman–Crippen MR) is 56.8 cm³/mol. The van der Waals surface area contributed by atoms with E-state index in [1.807, 2.05) is 20.8 Å². The van der Waals surface area contributed by atoms with Crippen LogP contribution in [-0.4, -0.2) is 41.7 Å². The third kappa shape index (κ3) is 4.07. The van der Waals surface area contributed by atoms with Gasteiger partial charge in [-0.25, -0.2) is 0 Å². The summed E-state index contributed by atoms with van der Waals surface area (Å²) in [5, 5.41) is 8.81. The Balaban J connectivity index is 4.26. The van der Waals surface area contributed by atoms with Gasteiger partial charge in [-0.1, -0.05) is 13.8 Å². The van der Waals surface area contributed by atoms with Crippen molar-refractivity contribution in [1.29, 1.82) is 0 Å². The molecule has 4 heteroatoms.